The van der Waals surface area contributed by atoms with E-state index in [4.69, 9.17) is 5.73 Å². The molecule has 1 aromatic rings. The van der Waals surface area contributed by atoms with Crippen LogP contribution in [0, 0.1) is 6.92 Å². The van der Waals surface area contributed by atoms with E-state index in [1.807, 2.05) is 13.0 Å². The van der Waals surface area contributed by atoms with Gasteiger partial charge in [-0.25, -0.2) is 9.97 Å². The van der Waals surface area contributed by atoms with E-state index in [9.17, 15) is 0 Å². The van der Waals surface area contributed by atoms with Crippen LogP contribution in [0.25, 0.3) is 0 Å². The number of rotatable bonds is 4. The van der Waals surface area contributed by atoms with E-state index in [1.165, 1.54) is 0 Å². The van der Waals surface area contributed by atoms with Crippen molar-refractivity contribution in [1.82, 2.24) is 9.97 Å². The number of anilines is 1. The highest BCUT2D eigenvalue weighted by Crippen LogP contribution is 2.13. The molecule has 14 heavy (non-hydrogen) atoms. The second-order valence-corrected chi connectivity index (χ2v) is 3.76. The maximum absolute atomic E-state index is 5.69. The average Bonchev–Trinajstić information content (AvgIpc) is 2.18. The summed E-state index contributed by atoms with van der Waals surface area (Å²) < 4.78 is 0. The van der Waals surface area contributed by atoms with Crippen LogP contribution >= 0.6 is 0 Å². The molecule has 1 atom stereocenters. The molecule has 4 nitrogen and oxygen atoms in total. The lowest BCUT2D eigenvalue weighted by atomic mass is 10.00. The lowest BCUT2D eigenvalue weighted by Crippen LogP contribution is -2.42. The standard InChI is InChI=1S/C10H18N4/c1-4-10(3,7-11)14-9-12-6-5-8(2)13-9/h5-6H,4,7,11H2,1-3H3,(H,12,13,14). The van der Waals surface area contributed by atoms with Gasteiger partial charge in [-0.05, 0) is 26.3 Å². The van der Waals surface area contributed by atoms with Crippen molar-refractivity contribution in [2.45, 2.75) is 32.7 Å². The number of aryl methyl sites for hydroxylation is 1. The maximum atomic E-state index is 5.69. The summed E-state index contributed by atoms with van der Waals surface area (Å²) in [6, 6.07) is 1.87. The van der Waals surface area contributed by atoms with Crippen molar-refractivity contribution in [3.63, 3.8) is 0 Å². The highest BCUT2D eigenvalue weighted by Gasteiger charge is 2.20. The molecule has 0 bridgehead atoms. The topological polar surface area (TPSA) is 63.8 Å². The van der Waals surface area contributed by atoms with Crippen LogP contribution in [-0.2, 0) is 0 Å². The number of nitrogens with one attached hydrogen (secondary N) is 1. The Morgan fingerprint density at radius 3 is 2.79 bits per heavy atom. The van der Waals surface area contributed by atoms with Gasteiger partial charge in [0.2, 0.25) is 5.95 Å². The Labute approximate surface area is 85.0 Å². The number of nitrogens with two attached hydrogens (primary N) is 1. The molecule has 4 heteroatoms. The van der Waals surface area contributed by atoms with Gasteiger partial charge in [0.15, 0.2) is 0 Å². The fraction of sp³-hybridized carbons (Fsp3) is 0.600. The molecule has 1 rings (SSSR count). The van der Waals surface area contributed by atoms with E-state index in [0.29, 0.717) is 12.5 Å². The largest absolute Gasteiger partial charge is 0.348 e. The predicted octanol–water partition coefficient (Wildman–Crippen LogP) is 1.32. The summed E-state index contributed by atoms with van der Waals surface area (Å²) >= 11 is 0. The minimum Gasteiger partial charge on any atom is -0.348 e. The summed E-state index contributed by atoms with van der Waals surface area (Å²) in [6.45, 7) is 6.67. The zero-order chi connectivity index (χ0) is 10.6. The molecule has 0 saturated heterocycles. The third kappa shape index (κ3) is 2.67. The fourth-order valence-electron chi connectivity index (χ4n) is 1.06. The van der Waals surface area contributed by atoms with Crippen LogP contribution in [0.1, 0.15) is 26.0 Å². The molecule has 0 spiro atoms. The van der Waals surface area contributed by atoms with E-state index in [2.05, 4.69) is 29.1 Å². The van der Waals surface area contributed by atoms with Crippen molar-refractivity contribution in [1.29, 1.82) is 0 Å². The third-order valence-electron chi connectivity index (χ3n) is 2.44. The molecular weight excluding hydrogens is 176 g/mol. The molecule has 0 saturated carbocycles. The van der Waals surface area contributed by atoms with Gasteiger partial charge in [-0.1, -0.05) is 6.92 Å². The molecule has 0 amide bonds. The van der Waals surface area contributed by atoms with Crippen molar-refractivity contribution in [2.75, 3.05) is 11.9 Å². The number of hydrogen-bond acceptors (Lipinski definition) is 4. The molecule has 1 unspecified atom stereocenters. The smallest absolute Gasteiger partial charge is 0.223 e. The van der Waals surface area contributed by atoms with Gasteiger partial charge in [-0.15, -0.1) is 0 Å². The first-order valence-electron chi connectivity index (χ1n) is 4.87. The summed E-state index contributed by atoms with van der Waals surface area (Å²) in [7, 11) is 0. The second-order valence-electron chi connectivity index (χ2n) is 3.76. The number of hydrogen-bond donors (Lipinski definition) is 2. The Morgan fingerprint density at radius 1 is 1.57 bits per heavy atom. The summed E-state index contributed by atoms with van der Waals surface area (Å²) in [6.07, 6.45) is 2.69. The van der Waals surface area contributed by atoms with Gasteiger partial charge >= 0.3 is 0 Å². The van der Waals surface area contributed by atoms with Crippen molar-refractivity contribution in [3.8, 4) is 0 Å². The quantitative estimate of drug-likeness (QED) is 0.759. The highest BCUT2D eigenvalue weighted by molar-refractivity contribution is 5.29. The summed E-state index contributed by atoms with van der Waals surface area (Å²) in [5, 5.41) is 3.25. The molecule has 0 aliphatic carbocycles. The Hall–Kier alpha value is -1.16. The first-order valence-corrected chi connectivity index (χ1v) is 4.87. The molecule has 0 aliphatic rings. The van der Waals surface area contributed by atoms with Crippen molar-refractivity contribution < 1.29 is 0 Å². The van der Waals surface area contributed by atoms with Gasteiger partial charge in [0.1, 0.15) is 0 Å². The van der Waals surface area contributed by atoms with E-state index < -0.39 is 0 Å². The molecule has 1 heterocycles. The normalized spacial score (nSPS) is 14.9. The Morgan fingerprint density at radius 2 is 2.29 bits per heavy atom. The van der Waals surface area contributed by atoms with Crippen LogP contribution in [0.2, 0.25) is 0 Å². The van der Waals surface area contributed by atoms with Gasteiger partial charge in [0.05, 0.1) is 0 Å². The van der Waals surface area contributed by atoms with Gasteiger partial charge in [-0.2, -0.15) is 0 Å². The third-order valence-corrected chi connectivity index (χ3v) is 2.44. The van der Waals surface area contributed by atoms with Gasteiger partial charge in [-0.3, -0.25) is 0 Å². The lowest BCUT2D eigenvalue weighted by Gasteiger charge is -2.27. The average molecular weight is 194 g/mol. The summed E-state index contributed by atoms with van der Waals surface area (Å²) in [5.74, 6) is 0.653. The molecule has 78 valence electrons. The monoisotopic (exact) mass is 194 g/mol. The molecule has 0 aromatic carbocycles. The SMILES string of the molecule is CCC(C)(CN)Nc1nccc(C)n1. The maximum Gasteiger partial charge on any atom is 0.223 e. The number of nitrogens with zero attached hydrogens (tertiary/aromatic N) is 2. The minimum atomic E-state index is -0.117. The Bertz CT molecular complexity index is 294. The van der Waals surface area contributed by atoms with Crippen LogP contribution < -0.4 is 11.1 Å². The van der Waals surface area contributed by atoms with Gasteiger partial charge in [0.25, 0.3) is 0 Å². The summed E-state index contributed by atoms with van der Waals surface area (Å²) in [4.78, 5) is 8.42. The predicted molar refractivity (Wildman–Crippen MR) is 58.1 cm³/mol. The van der Waals surface area contributed by atoms with Gasteiger partial charge < -0.3 is 11.1 Å². The van der Waals surface area contributed by atoms with Crippen LogP contribution in [0.3, 0.4) is 0 Å². The molecule has 3 N–H and O–H groups in total. The fourth-order valence-corrected chi connectivity index (χ4v) is 1.06. The van der Waals surface area contributed by atoms with Crippen molar-refractivity contribution in [3.05, 3.63) is 18.0 Å². The lowest BCUT2D eigenvalue weighted by molar-refractivity contribution is 0.502. The first-order chi connectivity index (χ1) is 6.59. The molecule has 0 fully saturated rings. The van der Waals surface area contributed by atoms with E-state index >= 15 is 0 Å². The van der Waals surface area contributed by atoms with Crippen LogP contribution in [0.15, 0.2) is 12.3 Å². The van der Waals surface area contributed by atoms with E-state index in [1.54, 1.807) is 6.20 Å². The van der Waals surface area contributed by atoms with Crippen molar-refractivity contribution in [2.24, 2.45) is 5.73 Å². The van der Waals surface area contributed by atoms with E-state index in [0.717, 1.165) is 12.1 Å². The second kappa shape index (κ2) is 4.37. The Balaban J connectivity index is 2.77. The summed E-state index contributed by atoms with van der Waals surface area (Å²) in [5.41, 5.74) is 6.52. The Kier molecular flexibility index (Phi) is 3.41. The first kappa shape index (κ1) is 10.9. The molecule has 0 radical (unpaired) electrons. The zero-order valence-corrected chi connectivity index (χ0v) is 9.04. The van der Waals surface area contributed by atoms with Crippen LogP contribution in [-0.4, -0.2) is 22.1 Å². The van der Waals surface area contributed by atoms with Gasteiger partial charge in [0, 0.05) is 24.0 Å². The van der Waals surface area contributed by atoms with Crippen LogP contribution in [0.4, 0.5) is 5.95 Å². The number of aromatic nitrogens is 2. The highest BCUT2D eigenvalue weighted by atomic mass is 15.1. The van der Waals surface area contributed by atoms with E-state index in [-0.39, 0.29) is 5.54 Å². The molecule has 1 aromatic heterocycles. The molecule has 0 aliphatic heterocycles. The molecular formula is C10H18N4. The zero-order valence-electron chi connectivity index (χ0n) is 9.04. The van der Waals surface area contributed by atoms with Crippen molar-refractivity contribution >= 4 is 5.95 Å². The minimum absolute atomic E-state index is 0.117. The van der Waals surface area contributed by atoms with Crippen LogP contribution in [0.5, 0.6) is 0 Å².